The van der Waals surface area contributed by atoms with Crippen LogP contribution in [-0.2, 0) is 9.53 Å². The van der Waals surface area contributed by atoms with Crippen LogP contribution >= 0.6 is 11.6 Å². The zero-order valence-electron chi connectivity index (χ0n) is 18.4. The van der Waals surface area contributed by atoms with Crippen LogP contribution in [0.15, 0.2) is 42.5 Å². The molecule has 2 saturated heterocycles. The second-order valence-corrected chi connectivity index (χ2v) is 9.28. The summed E-state index contributed by atoms with van der Waals surface area (Å²) in [6.07, 6.45) is 1.99. The Morgan fingerprint density at radius 2 is 2.03 bits per heavy atom. The number of halogens is 1. The van der Waals surface area contributed by atoms with E-state index in [0.29, 0.717) is 31.1 Å². The zero-order valence-corrected chi connectivity index (χ0v) is 19.2. The highest BCUT2D eigenvalue weighted by Gasteiger charge is 2.46. The molecular weight excluding hydrogens is 442 g/mol. The summed E-state index contributed by atoms with van der Waals surface area (Å²) in [4.78, 5) is 36.6. The number of carbonyl (C=O) groups is 2. The molecule has 0 radical (unpaired) electrons. The predicted octanol–water partition coefficient (Wildman–Crippen LogP) is 4.34. The fraction of sp³-hybridized carbons (Fsp3) is 0.375. The number of rotatable bonds is 4. The maximum Gasteiger partial charge on any atom is 0.415 e. The van der Waals surface area contributed by atoms with Gasteiger partial charge in [-0.1, -0.05) is 11.6 Å². The van der Waals surface area contributed by atoms with Gasteiger partial charge in [0.1, 0.15) is 11.4 Å². The highest BCUT2D eigenvalue weighted by molar-refractivity contribution is 6.30. The normalized spacial score (nSPS) is 21.4. The van der Waals surface area contributed by atoms with Gasteiger partial charge in [-0.15, -0.1) is 0 Å². The lowest BCUT2D eigenvalue weighted by Gasteiger charge is -2.25. The van der Waals surface area contributed by atoms with Gasteiger partial charge in [-0.2, -0.15) is 0 Å². The van der Waals surface area contributed by atoms with E-state index in [4.69, 9.17) is 16.3 Å². The Kier molecular flexibility index (Phi) is 5.72. The predicted molar refractivity (Wildman–Crippen MR) is 128 cm³/mol. The monoisotopic (exact) mass is 467 g/mol. The lowest BCUT2D eigenvalue weighted by atomic mass is 9.95. The van der Waals surface area contributed by atoms with E-state index >= 15 is 0 Å². The highest BCUT2D eigenvalue weighted by Crippen LogP contribution is 2.36. The van der Waals surface area contributed by atoms with Crippen molar-refractivity contribution in [1.29, 1.82) is 0 Å². The summed E-state index contributed by atoms with van der Waals surface area (Å²) >= 11 is 5.98. The fourth-order valence-corrected chi connectivity index (χ4v) is 4.83. The number of imidazole rings is 1. The van der Waals surface area contributed by atoms with Gasteiger partial charge in [0.05, 0.1) is 24.1 Å². The second kappa shape index (κ2) is 8.68. The van der Waals surface area contributed by atoms with Crippen molar-refractivity contribution in [1.82, 2.24) is 14.9 Å². The van der Waals surface area contributed by atoms with Crippen LogP contribution in [0.5, 0.6) is 0 Å². The van der Waals surface area contributed by atoms with Crippen molar-refractivity contribution in [3.8, 4) is 0 Å². The number of carbonyl (C=O) groups excluding carboxylic acids is 2. The molecule has 2 aromatic carbocycles. The summed E-state index contributed by atoms with van der Waals surface area (Å²) in [7, 11) is 0. The van der Waals surface area contributed by atoms with E-state index < -0.39 is 5.60 Å². The fourth-order valence-electron chi connectivity index (χ4n) is 4.70. The van der Waals surface area contributed by atoms with Gasteiger partial charge in [0.2, 0.25) is 5.91 Å². The number of aromatic amines is 1. The minimum atomic E-state index is -0.522. The molecule has 8 nitrogen and oxygen atoms in total. The van der Waals surface area contributed by atoms with Crippen molar-refractivity contribution < 1.29 is 14.3 Å². The zero-order chi connectivity index (χ0) is 23.0. The summed E-state index contributed by atoms with van der Waals surface area (Å²) in [6, 6.07) is 12.9. The van der Waals surface area contributed by atoms with Crippen LogP contribution in [0.1, 0.15) is 25.1 Å². The Hall–Kier alpha value is -3.10. The minimum Gasteiger partial charge on any atom is -0.441 e. The molecule has 0 saturated carbocycles. The van der Waals surface area contributed by atoms with Crippen molar-refractivity contribution in [3.05, 3.63) is 53.3 Å². The van der Waals surface area contributed by atoms with Gasteiger partial charge >= 0.3 is 6.09 Å². The molecule has 2 fully saturated rings. The average molecular weight is 468 g/mol. The van der Waals surface area contributed by atoms with Gasteiger partial charge in [0.15, 0.2) is 0 Å². The molecule has 3 aromatic rings. The highest BCUT2D eigenvalue weighted by atomic mass is 35.5. The molecule has 5 rings (SSSR count). The number of H-pyrrole nitrogens is 1. The van der Waals surface area contributed by atoms with E-state index in [1.54, 1.807) is 17.0 Å². The van der Waals surface area contributed by atoms with Crippen molar-refractivity contribution in [2.45, 2.75) is 31.8 Å². The minimum absolute atomic E-state index is 0.0623. The lowest BCUT2D eigenvalue weighted by molar-refractivity contribution is -0.117. The van der Waals surface area contributed by atoms with Crippen LogP contribution in [0, 0.1) is 6.92 Å². The average Bonchev–Trinajstić information content (AvgIpc) is 3.23. The number of benzene rings is 2. The molecule has 1 aromatic heterocycles. The number of anilines is 2. The van der Waals surface area contributed by atoms with Crippen LogP contribution in [0.25, 0.3) is 11.0 Å². The number of fused-ring (bicyclic) bond motifs is 1. The first-order valence-corrected chi connectivity index (χ1v) is 11.5. The van der Waals surface area contributed by atoms with Crippen LogP contribution < -0.4 is 10.2 Å². The van der Waals surface area contributed by atoms with Gasteiger partial charge < -0.3 is 15.0 Å². The number of amides is 2. The number of aryl methyl sites for hydroxylation is 1. The van der Waals surface area contributed by atoms with E-state index in [0.717, 1.165) is 47.6 Å². The maximum atomic E-state index is 12.7. The largest absolute Gasteiger partial charge is 0.441 e. The molecule has 3 heterocycles. The van der Waals surface area contributed by atoms with Gasteiger partial charge in [0, 0.05) is 29.4 Å². The molecule has 1 atom stereocenters. The lowest BCUT2D eigenvalue weighted by Crippen LogP contribution is -2.37. The first kappa shape index (κ1) is 21.7. The number of ether oxygens (including phenoxy) is 1. The Labute approximate surface area is 196 Å². The molecule has 2 amide bonds. The third kappa shape index (κ3) is 4.67. The van der Waals surface area contributed by atoms with Crippen LogP contribution in [-0.4, -0.2) is 58.6 Å². The first-order chi connectivity index (χ1) is 15.9. The third-order valence-corrected chi connectivity index (χ3v) is 6.60. The first-order valence-electron chi connectivity index (χ1n) is 11.1. The van der Waals surface area contributed by atoms with E-state index in [9.17, 15) is 9.59 Å². The second-order valence-electron chi connectivity index (χ2n) is 8.85. The molecular formula is C24H26ClN5O3. The number of nitrogens with zero attached hydrogens (tertiary/aromatic N) is 3. The van der Waals surface area contributed by atoms with E-state index in [2.05, 4.69) is 20.2 Å². The summed E-state index contributed by atoms with van der Waals surface area (Å²) in [5.74, 6) is 0.780. The number of aromatic nitrogens is 2. The Balaban J connectivity index is 1.19. The van der Waals surface area contributed by atoms with Gasteiger partial charge in [-0.05, 0) is 68.8 Å². The van der Waals surface area contributed by atoms with Gasteiger partial charge in [-0.25, -0.2) is 9.78 Å². The molecule has 1 spiro atoms. The Morgan fingerprint density at radius 1 is 1.21 bits per heavy atom. The summed E-state index contributed by atoms with van der Waals surface area (Å²) < 4.78 is 5.88. The molecule has 0 aliphatic carbocycles. The summed E-state index contributed by atoms with van der Waals surface area (Å²) in [5, 5.41) is 3.61. The number of hydrogen-bond acceptors (Lipinski definition) is 5. The molecule has 2 aliphatic heterocycles. The summed E-state index contributed by atoms with van der Waals surface area (Å²) in [5.41, 5.74) is 2.78. The smallest absolute Gasteiger partial charge is 0.415 e. The van der Waals surface area contributed by atoms with Gasteiger partial charge in [-0.3, -0.25) is 14.6 Å². The maximum absolute atomic E-state index is 12.7. The number of nitrogens with one attached hydrogen (secondary N) is 2. The SMILES string of the molecule is Cc1nc2ccc(NC(=O)CN3CCCC4(CC3)CN(c3ccc(Cl)cc3)C(=O)O4)cc2[nH]1. The van der Waals surface area contributed by atoms with Crippen molar-refractivity contribution in [3.63, 3.8) is 0 Å². The van der Waals surface area contributed by atoms with Crippen LogP contribution in [0.2, 0.25) is 5.02 Å². The molecule has 0 bridgehead atoms. The van der Waals surface area contributed by atoms with Crippen molar-refractivity contribution in [2.75, 3.05) is 36.4 Å². The van der Waals surface area contributed by atoms with Crippen molar-refractivity contribution in [2.24, 2.45) is 0 Å². The topological polar surface area (TPSA) is 90.6 Å². The third-order valence-electron chi connectivity index (χ3n) is 6.35. The number of likely N-dealkylation sites (tertiary alicyclic amines) is 1. The Bertz CT molecular complexity index is 1190. The molecule has 33 heavy (non-hydrogen) atoms. The summed E-state index contributed by atoms with van der Waals surface area (Å²) in [6.45, 7) is 4.18. The standard InChI is InChI=1S/C24H26ClN5O3/c1-16-26-20-8-5-18(13-21(20)27-16)28-22(31)14-29-11-2-9-24(10-12-29)15-30(23(32)33-24)19-6-3-17(25)4-7-19/h3-8,13H,2,9-12,14-15H2,1H3,(H,26,27)(H,28,31). The number of hydrogen-bond donors (Lipinski definition) is 2. The molecule has 172 valence electrons. The molecule has 1 unspecified atom stereocenters. The van der Waals surface area contributed by atoms with Crippen LogP contribution in [0.3, 0.4) is 0 Å². The van der Waals surface area contributed by atoms with E-state index in [1.165, 1.54) is 0 Å². The molecule has 2 N–H and O–H groups in total. The Morgan fingerprint density at radius 3 is 2.85 bits per heavy atom. The van der Waals surface area contributed by atoms with E-state index in [1.807, 2.05) is 37.3 Å². The van der Waals surface area contributed by atoms with Crippen LogP contribution in [0.4, 0.5) is 16.2 Å². The quantitative estimate of drug-likeness (QED) is 0.595. The van der Waals surface area contributed by atoms with E-state index in [-0.39, 0.29) is 12.0 Å². The molecule has 9 heteroatoms. The van der Waals surface area contributed by atoms with Gasteiger partial charge in [0.25, 0.3) is 0 Å². The van der Waals surface area contributed by atoms with Crippen molar-refractivity contribution >= 4 is 46.0 Å². The molecule has 2 aliphatic rings.